The third-order valence-electron chi connectivity index (χ3n) is 2.30. The molecule has 0 aliphatic rings. The lowest BCUT2D eigenvalue weighted by Crippen LogP contribution is -2.14. The number of amides is 1. The van der Waals surface area contributed by atoms with Crippen molar-refractivity contribution in [3.63, 3.8) is 0 Å². The Labute approximate surface area is 103 Å². The molecule has 0 bridgehead atoms. The number of carbonyl (C=O) groups excluding carboxylic acids is 1. The van der Waals surface area contributed by atoms with Gasteiger partial charge in [0.25, 0.3) is 5.91 Å². The molecule has 7 nitrogen and oxygen atoms in total. The number of nitrogens with zero attached hydrogens (tertiary/aromatic N) is 2. The highest BCUT2D eigenvalue weighted by atomic mass is 16.5. The zero-order valence-corrected chi connectivity index (χ0v) is 9.93. The number of rotatable bonds is 4. The molecule has 0 saturated heterocycles. The molecule has 1 aromatic carbocycles. The van der Waals surface area contributed by atoms with Crippen molar-refractivity contribution in [3.05, 3.63) is 30.1 Å². The van der Waals surface area contributed by atoms with Gasteiger partial charge in [-0.25, -0.2) is 5.10 Å². The number of benzene rings is 1. The fraction of sp³-hybridized carbons (Fsp3) is 0.182. The lowest BCUT2D eigenvalue weighted by molar-refractivity contribution is 0.102. The molecule has 0 spiro atoms. The summed E-state index contributed by atoms with van der Waals surface area (Å²) in [4.78, 5) is 15.8. The van der Waals surface area contributed by atoms with Crippen LogP contribution >= 0.6 is 0 Å². The Bertz CT molecular complexity index is 539. The van der Waals surface area contributed by atoms with Gasteiger partial charge in [0.15, 0.2) is 0 Å². The van der Waals surface area contributed by atoms with Gasteiger partial charge in [-0.15, -0.1) is 0 Å². The van der Waals surface area contributed by atoms with Crippen LogP contribution in [-0.2, 0) is 0 Å². The van der Waals surface area contributed by atoms with E-state index in [1.165, 1.54) is 20.5 Å². The Morgan fingerprint density at radius 3 is 2.78 bits per heavy atom. The molecule has 0 aliphatic heterocycles. The number of nitrogens with one attached hydrogen (secondary N) is 2. The summed E-state index contributed by atoms with van der Waals surface area (Å²) in [5.74, 6) is 0.929. The molecule has 0 unspecified atom stereocenters. The largest absolute Gasteiger partial charge is 0.497 e. The third kappa shape index (κ3) is 2.40. The van der Waals surface area contributed by atoms with Crippen LogP contribution in [0.3, 0.4) is 0 Å². The lowest BCUT2D eigenvalue weighted by Gasteiger charge is -2.09. The summed E-state index contributed by atoms with van der Waals surface area (Å²) in [5.41, 5.74) is 0.355. The van der Waals surface area contributed by atoms with Crippen LogP contribution in [-0.4, -0.2) is 35.3 Å². The first-order valence-corrected chi connectivity index (χ1v) is 5.13. The summed E-state index contributed by atoms with van der Waals surface area (Å²) in [7, 11) is 3.02. The predicted molar refractivity (Wildman–Crippen MR) is 63.9 cm³/mol. The first-order chi connectivity index (χ1) is 8.74. The second-order valence-corrected chi connectivity index (χ2v) is 3.35. The van der Waals surface area contributed by atoms with Crippen molar-refractivity contribution < 1.29 is 14.3 Å². The standard InChI is InChI=1S/C11H12N4O3/c1-17-7-3-4-9(18-2)8(5-7)10(16)14-11-12-6-13-15-11/h3-6H,1-2H3,(H2,12,13,14,15,16). The van der Waals surface area contributed by atoms with Gasteiger partial charge in [-0.2, -0.15) is 10.1 Å². The highest BCUT2D eigenvalue weighted by Gasteiger charge is 2.14. The van der Waals surface area contributed by atoms with Crippen molar-refractivity contribution in [2.45, 2.75) is 0 Å². The number of methoxy groups -OCH3 is 2. The van der Waals surface area contributed by atoms with Crippen LogP contribution in [0.5, 0.6) is 11.5 Å². The highest BCUT2D eigenvalue weighted by molar-refractivity contribution is 6.05. The molecule has 94 valence electrons. The molecular weight excluding hydrogens is 236 g/mol. The summed E-state index contributed by atoms with van der Waals surface area (Å²) in [6.07, 6.45) is 1.30. The Morgan fingerprint density at radius 1 is 1.33 bits per heavy atom. The van der Waals surface area contributed by atoms with Gasteiger partial charge in [-0.1, -0.05) is 0 Å². The zero-order chi connectivity index (χ0) is 13.0. The minimum Gasteiger partial charge on any atom is -0.497 e. The quantitative estimate of drug-likeness (QED) is 0.844. The van der Waals surface area contributed by atoms with Crippen molar-refractivity contribution in [3.8, 4) is 11.5 Å². The molecule has 0 atom stereocenters. The van der Waals surface area contributed by atoms with Crippen LogP contribution in [0.2, 0.25) is 0 Å². The van der Waals surface area contributed by atoms with E-state index >= 15 is 0 Å². The summed E-state index contributed by atoms with van der Waals surface area (Å²) in [6, 6.07) is 4.96. The number of aromatic amines is 1. The molecular formula is C11H12N4O3. The molecule has 2 N–H and O–H groups in total. The van der Waals surface area contributed by atoms with Crippen LogP contribution in [0.1, 0.15) is 10.4 Å². The second kappa shape index (κ2) is 5.17. The van der Waals surface area contributed by atoms with Gasteiger partial charge in [0, 0.05) is 0 Å². The number of ether oxygens (including phenoxy) is 2. The van der Waals surface area contributed by atoms with E-state index in [4.69, 9.17) is 9.47 Å². The smallest absolute Gasteiger partial charge is 0.261 e. The first kappa shape index (κ1) is 11.9. The van der Waals surface area contributed by atoms with Crippen molar-refractivity contribution in [2.24, 2.45) is 0 Å². The van der Waals surface area contributed by atoms with Gasteiger partial charge < -0.3 is 9.47 Å². The maximum atomic E-state index is 12.0. The maximum absolute atomic E-state index is 12.0. The number of H-pyrrole nitrogens is 1. The predicted octanol–water partition coefficient (Wildman–Crippen LogP) is 1.07. The molecule has 2 aromatic rings. The summed E-state index contributed by atoms with van der Waals surface area (Å²) < 4.78 is 10.2. The number of hydrogen-bond donors (Lipinski definition) is 2. The average Bonchev–Trinajstić information content (AvgIpc) is 2.90. The minimum atomic E-state index is -0.359. The molecule has 1 amide bonds. The number of carbonyl (C=O) groups is 1. The topological polar surface area (TPSA) is 89.1 Å². The normalized spacial score (nSPS) is 9.89. The van der Waals surface area contributed by atoms with Crippen molar-refractivity contribution >= 4 is 11.9 Å². The molecule has 0 radical (unpaired) electrons. The fourth-order valence-corrected chi connectivity index (χ4v) is 1.43. The minimum absolute atomic E-state index is 0.268. The zero-order valence-electron chi connectivity index (χ0n) is 9.93. The molecule has 7 heteroatoms. The fourth-order valence-electron chi connectivity index (χ4n) is 1.43. The van der Waals surface area contributed by atoms with Gasteiger partial charge in [-0.05, 0) is 18.2 Å². The van der Waals surface area contributed by atoms with Gasteiger partial charge >= 0.3 is 0 Å². The van der Waals surface area contributed by atoms with Gasteiger partial charge in [0.1, 0.15) is 17.8 Å². The Hall–Kier alpha value is -2.57. The number of anilines is 1. The van der Waals surface area contributed by atoms with Crippen LogP contribution in [0, 0.1) is 0 Å². The van der Waals surface area contributed by atoms with Crippen LogP contribution < -0.4 is 14.8 Å². The molecule has 2 rings (SSSR count). The average molecular weight is 248 g/mol. The Kier molecular flexibility index (Phi) is 3.42. The molecule has 1 aromatic heterocycles. The van der Waals surface area contributed by atoms with E-state index in [1.807, 2.05) is 0 Å². The molecule has 1 heterocycles. The van der Waals surface area contributed by atoms with Gasteiger partial charge in [0.2, 0.25) is 5.95 Å². The highest BCUT2D eigenvalue weighted by Crippen LogP contribution is 2.24. The van der Waals surface area contributed by atoms with E-state index in [-0.39, 0.29) is 11.9 Å². The lowest BCUT2D eigenvalue weighted by atomic mass is 10.1. The first-order valence-electron chi connectivity index (χ1n) is 5.13. The van der Waals surface area contributed by atoms with E-state index in [0.29, 0.717) is 17.1 Å². The van der Waals surface area contributed by atoms with Crippen molar-refractivity contribution in [2.75, 3.05) is 19.5 Å². The van der Waals surface area contributed by atoms with Crippen LogP contribution in [0.25, 0.3) is 0 Å². The Morgan fingerprint density at radius 2 is 2.17 bits per heavy atom. The second-order valence-electron chi connectivity index (χ2n) is 3.35. The van der Waals surface area contributed by atoms with Gasteiger partial charge in [-0.3, -0.25) is 10.1 Å². The van der Waals surface area contributed by atoms with Gasteiger partial charge in [0.05, 0.1) is 19.8 Å². The molecule has 18 heavy (non-hydrogen) atoms. The van der Waals surface area contributed by atoms with Crippen LogP contribution in [0.15, 0.2) is 24.5 Å². The van der Waals surface area contributed by atoms with E-state index in [0.717, 1.165) is 0 Å². The summed E-state index contributed by atoms with van der Waals surface area (Å²) in [5, 5.41) is 8.74. The molecule has 0 aliphatic carbocycles. The molecule has 0 fully saturated rings. The molecule has 0 saturated carbocycles. The van der Waals surface area contributed by atoms with E-state index < -0.39 is 0 Å². The van der Waals surface area contributed by atoms with Crippen molar-refractivity contribution in [1.29, 1.82) is 0 Å². The number of aromatic nitrogens is 3. The monoisotopic (exact) mass is 248 g/mol. The van der Waals surface area contributed by atoms with E-state index in [9.17, 15) is 4.79 Å². The van der Waals surface area contributed by atoms with Crippen LogP contribution in [0.4, 0.5) is 5.95 Å². The third-order valence-corrected chi connectivity index (χ3v) is 2.30. The maximum Gasteiger partial charge on any atom is 0.261 e. The van der Waals surface area contributed by atoms with E-state index in [1.54, 1.807) is 18.2 Å². The summed E-state index contributed by atoms with van der Waals surface area (Å²) in [6.45, 7) is 0. The Balaban J connectivity index is 2.27. The van der Waals surface area contributed by atoms with Crippen molar-refractivity contribution in [1.82, 2.24) is 15.2 Å². The SMILES string of the molecule is COc1ccc(OC)c(C(=O)Nc2ncn[nH]2)c1. The number of hydrogen-bond acceptors (Lipinski definition) is 5. The summed E-state index contributed by atoms with van der Waals surface area (Å²) >= 11 is 0. The van der Waals surface area contributed by atoms with E-state index in [2.05, 4.69) is 20.5 Å².